The molecule has 0 saturated heterocycles. The Hall–Kier alpha value is -4.07. The van der Waals surface area contributed by atoms with Gasteiger partial charge < -0.3 is 24.3 Å². The largest absolute Gasteiger partial charge is 0.497 e. The molecule has 1 N–H and O–H groups in total. The Balaban J connectivity index is 1.90. The molecule has 0 bridgehead atoms. The van der Waals surface area contributed by atoms with E-state index in [0.717, 1.165) is 5.56 Å². The first kappa shape index (κ1) is 25.0. The van der Waals surface area contributed by atoms with E-state index in [1.165, 1.54) is 14.2 Å². The Bertz CT molecular complexity index is 1260. The number of carbonyl (C=O) groups is 3. The van der Waals surface area contributed by atoms with Crippen molar-refractivity contribution in [2.45, 2.75) is 25.2 Å². The van der Waals surface area contributed by atoms with Gasteiger partial charge in [-0.15, -0.1) is 0 Å². The van der Waals surface area contributed by atoms with Gasteiger partial charge in [-0.25, -0.2) is 4.79 Å². The average molecular weight is 492 g/mol. The number of ether oxygens (including phenoxy) is 4. The lowest BCUT2D eigenvalue weighted by Gasteiger charge is -2.39. The van der Waals surface area contributed by atoms with Gasteiger partial charge in [0, 0.05) is 28.8 Å². The quantitative estimate of drug-likeness (QED) is 0.483. The van der Waals surface area contributed by atoms with Crippen LogP contribution in [-0.4, -0.2) is 46.2 Å². The summed E-state index contributed by atoms with van der Waals surface area (Å²) in [6.07, 6.45) is 0.374. The van der Waals surface area contributed by atoms with Gasteiger partial charge in [0.2, 0.25) is 0 Å². The minimum Gasteiger partial charge on any atom is -0.497 e. The first-order valence-electron chi connectivity index (χ1n) is 11.5. The summed E-state index contributed by atoms with van der Waals surface area (Å²) in [7, 11) is 5.70. The molecule has 1 heterocycles. The third-order valence-electron chi connectivity index (χ3n) is 6.85. The van der Waals surface area contributed by atoms with Gasteiger partial charge in [-0.3, -0.25) is 9.59 Å². The Morgan fingerprint density at radius 1 is 0.889 bits per heavy atom. The van der Waals surface area contributed by atoms with Gasteiger partial charge in [0.25, 0.3) is 0 Å². The van der Waals surface area contributed by atoms with E-state index in [2.05, 4.69) is 5.32 Å². The number of esters is 2. The number of ketones is 1. The van der Waals surface area contributed by atoms with Crippen molar-refractivity contribution in [3.8, 4) is 11.5 Å². The molecule has 8 nitrogen and oxygen atoms in total. The van der Waals surface area contributed by atoms with Crippen molar-refractivity contribution < 1.29 is 33.3 Å². The molecule has 0 aromatic heterocycles. The third kappa shape index (κ3) is 4.34. The molecule has 0 saturated carbocycles. The van der Waals surface area contributed by atoms with Crippen molar-refractivity contribution in [2.75, 3.05) is 28.4 Å². The fourth-order valence-electron chi connectivity index (χ4n) is 5.13. The van der Waals surface area contributed by atoms with E-state index < -0.39 is 35.5 Å². The van der Waals surface area contributed by atoms with Gasteiger partial charge in [0.1, 0.15) is 17.4 Å². The maximum absolute atomic E-state index is 14.1. The zero-order chi connectivity index (χ0) is 26.0. The molecule has 36 heavy (non-hydrogen) atoms. The zero-order valence-corrected chi connectivity index (χ0v) is 20.9. The summed E-state index contributed by atoms with van der Waals surface area (Å²) in [5, 5.41) is 3.27. The molecule has 0 amide bonds. The Morgan fingerprint density at radius 3 is 2.19 bits per heavy atom. The maximum atomic E-state index is 14.1. The number of hydrogen-bond acceptors (Lipinski definition) is 8. The second-order valence-corrected chi connectivity index (χ2v) is 8.71. The lowest BCUT2D eigenvalue weighted by molar-refractivity contribution is -0.150. The summed E-state index contributed by atoms with van der Waals surface area (Å²) in [5.41, 5.74) is 3.41. The summed E-state index contributed by atoms with van der Waals surface area (Å²) < 4.78 is 20.8. The summed E-state index contributed by atoms with van der Waals surface area (Å²) in [6, 6.07) is 14.5. The van der Waals surface area contributed by atoms with Crippen LogP contribution >= 0.6 is 0 Å². The van der Waals surface area contributed by atoms with Gasteiger partial charge in [-0.2, -0.15) is 0 Å². The molecule has 2 aromatic carbocycles. The third-order valence-corrected chi connectivity index (χ3v) is 6.85. The van der Waals surface area contributed by atoms with E-state index in [1.54, 1.807) is 51.5 Å². The fraction of sp³-hybridized carbons (Fsp3) is 0.321. The number of nitrogens with one attached hydrogen (secondary N) is 1. The second-order valence-electron chi connectivity index (χ2n) is 8.71. The van der Waals surface area contributed by atoms with Crippen LogP contribution in [0.4, 0.5) is 0 Å². The Kier molecular flexibility index (Phi) is 7.15. The normalized spacial score (nSPS) is 21.4. The van der Waals surface area contributed by atoms with E-state index in [0.29, 0.717) is 46.0 Å². The Morgan fingerprint density at radius 2 is 1.58 bits per heavy atom. The first-order valence-corrected chi connectivity index (χ1v) is 11.5. The number of methoxy groups -OCH3 is 4. The SMILES string of the molecule is COC(=O)C1=C(C)NC2=C(C(=O)[C@@H](C(=O)OC)[C@H](c3ccc(OC)cc3)C2)[C@@H]1c1cccc(OC)c1. The molecule has 0 spiro atoms. The van der Waals surface area contributed by atoms with Crippen LogP contribution in [0.3, 0.4) is 0 Å². The summed E-state index contributed by atoms with van der Waals surface area (Å²) in [4.78, 5) is 40.1. The summed E-state index contributed by atoms with van der Waals surface area (Å²) in [6.45, 7) is 1.78. The predicted octanol–water partition coefficient (Wildman–Crippen LogP) is 3.64. The van der Waals surface area contributed by atoms with Crippen molar-refractivity contribution in [2.24, 2.45) is 5.92 Å². The standard InChI is InChI=1S/C28H29NO7/c1-15-22(27(31)35-4)23(17-7-6-8-19(13-17)34-3)25-21(29-15)14-20(24(26(25)30)28(32)36-5)16-9-11-18(33-2)12-10-16/h6-13,20,23-24,29H,14H2,1-5H3/t20-,23+,24-/m0/s1. The fourth-order valence-corrected chi connectivity index (χ4v) is 5.13. The minimum atomic E-state index is -1.07. The zero-order valence-electron chi connectivity index (χ0n) is 20.9. The molecule has 2 aromatic rings. The van der Waals surface area contributed by atoms with Crippen LogP contribution in [-0.2, 0) is 23.9 Å². The number of benzene rings is 2. The van der Waals surface area contributed by atoms with Crippen LogP contribution in [0.1, 0.15) is 36.3 Å². The smallest absolute Gasteiger partial charge is 0.336 e. The highest BCUT2D eigenvalue weighted by Gasteiger charge is 2.49. The van der Waals surface area contributed by atoms with Crippen molar-refractivity contribution in [1.29, 1.82) is 0 Å². The monoisotopic (exact) mass is 491 g/mol. The van der Waals surface area contributed by atoms with E-state index >= 15 is 0 Å². The molecule has 1 aliphatic heterocycles. The highest BCUT2D eigenvalue weighted by Crippen LogP contribution is 2.48. The van der Waals surface area contributed by atoms with Gasteiger partial charge in [0.05, 0.1) is 34.0 Å². The van der Waals surface area contributed by atoms with Crippen LogP contribution in [0, 0.1) is 5.92 Å². The van der Waals surface area contributed by atoms with E-state index in [4.69, 9.17) is 18.9 Å². The predicted molar refractivity (Wildman–Crippen MR) is 131 cm³/mol. The summed E-state index contributed by atoms with van der Waals surface area (Å²) >= 11 is 0. The Labute approximate surface area is 209 Å². The van der Waals surface area contributed by atoms with Crippen LogP contribution in [0.5, 0.6) is 11.5 Å². The molecule has 0 fully saturated rings. The van der Waals surface area contributed by atoms with Crippen molar-refractivity contribution in [1.82, 2.24) is 5.32 Å². The van der Waals surface area contributed by atoms with Gasteiger partial charge >= 0.3 is 11.9 Å². The van der Waals surface area contributed by atoms with Gasteiger partial charge in [-0.05, 0) is 48.7 Å². The summed E-state index contributed by atoms with van der Waals surface area (Å²) in [5.74, 6) is -2.58. The van der Waals surface area contributed by atoms with Gasteiger partial charge in [-0.1, -0.05) is 24.3 Å². The van der Waals surface area contributed by atoms with Crippen LogP contribution in [0.2, 0.25) is 0 Å². The first-order chi connectivity index (χ1) is 17.3. The molecule has 0 unspecified atom stereocenters. The van der Waals surface area contributed by atoms with E-state index in [9.17, 15) is 14.4 Å². The molecule has 4 rings (SSSR count). The van der Waals surface area contributed by atoms with E-state index in [1.807, 2.05) is 18.2 Å². The number of carbonyl (C=O) groups excluding carboxylic acids is 3. The average Bonchev–Trinajstić information content (AvgIpc) is 2.91. The molecule has 0 radical (unpaired) electrons. The number of dihydropyridines is 1. The molecule has 3 atom stereocenters. The lowest BCUT2D eigenvalue weighted by Crippen LogP contribution is -2.43. The molecule has 188 valence electrons. The number of rotatable bonds is 6. The minimum absolute atomic E-state index is 0.310. The highest BCUT2D eigenvalue weighted by molar-refractivity contribution is 6.13. The molecular formula is C28H29NO7. The van der Waals surface area contributed by atoms with Crippen LogP contribution in [0.15, 0.2) is 71.1 Å². The van der Waals surface area contributed by atoms with Crippen molar-refractivity contribution in [3.63, 3.8) is 0 Å². The lowest BCUT2D eigenvalue weighted by atomic mass is 9.67. The number of allylic oxidation sites excluding steroid dienone is 3. The maximum Gasteiger partial charge on any atom is 0.336 e. The molecule has 8 heteroatoms. The van der Waals surface area contributed by atoms with Crippen molar-refractivity contribution in [3.05, 3.63) is 82.2 Å². The number of hydrogen-bond donors (Lipinski definition) is 1. The second kappa shape index (κ2) is 10.3. The molecule has 1 aliphatic carbocycles. The van der Waals surface area contributed by atoms with Crippen LogP contribution < -0.4 is 14.8 Å². The van der Waals surface area contributed by atoms with Crippen molar-refractivity contribution >= 4 is 17.7 Å². The number of Topliss-reactive ketones (excluding diaryl/α,β-unsaturated/α-hetero) is 1. The van der Waals surface area contributed by atoms with E-state index in [-0.39, 0.29) is 0 Å². The molecule has 2 aliphatic rings. The van der Waals surface area contributed by atoms with Crippen LogP contribution in [0.25, 0.3) is 0 Å². The topological polar surface area (TPSA) is 100 Å². The molecular weight excluding hydrogens is 462 g/mol. The highest BCUT2D eigenvalue weighted by atomic mass is 16.5. The van der Waals surface area contributed by atoms with Gasteiger partial charge in [0.15, 0.2) is 5.78 Å².